The van der Waals surface area contributed by atoms with Crippen LogP contribution < -0.4 is 10.2 Å². The van der Waals surface area contributed by atoms with Crippen molar-refractivity contribution in [1.82, 2.24) is 14.8 Å². The number of urea groups is 1. The number of anilines is 1. The molecule has 24 heavy (non-hydrogen) atoms. The Morgan fingerprint density at radius 2 is 2.04 bits per heavy atom. The van der Waals surface area contributed by atoms with Crippen molar-refractivity contribution in [2.24, 2.45) is 7.05 Å². The van der Waals surface area contributed by atoms with Gasteiger partial charge in [-0.1, -0.05) is 18.2 Å². The fourth-order valence-electron chi connectivity index (χ4n) is 3.38. The van der Waals surface area contributed by atoms with Gasteiger partial charge in [0.2, 0.25) is 0 Å². The molecule has 0 radical (unpaired) electrons. The van der Waals surface area contributed by atoms with Gasteiger partial charge in [0.15, 0.2) is 0 Å². The van der Waals surface area contributed by atoms with E-state index in [0.29, 0.717) is 6.54 Å². The van der Waals surface area contributed by atoms with Crippen molar-refractivity contribution >= 4 is 11.7 Å². The van der Waals surface area contributed by atoms with Gasteiger partial charge in [-0.05, 0) is 37.1 Å². The average Bonchev–Trinajstić information content (AvgIpc) is 3.23. The molecule has 1 aromatic carbocycles. The lowest BCUT2D eigenvalue weighted by atomic mass is 10.1. The Kier molecular flexibility index (Phi) is 5.08. The summed E-state index contributed by atoms with van der Waals surface area (Å²) in [4.78, 5) is 16.7. The first kappa shape index (κ1) is 16.4. The quantitative estimate of drug-likeness (QED) is 0.917. The van der Waals surface area contributed by atoms with Crippen LogP contribution in [0.4, 0.5) is 10.5 Å². The summed E-state index contributed by atoms with van der Waals surface area (Å²) in [6, 6.07) is 14.6. The van der Waals surface area contributed by atoms with Crippen LogP contribution in [0.25, 0.3) is 0 Å². The van der Waals surface area contributed by atoms with Gasteiger partial charge in [0.1, 0.15) is 0 Å². The van der Waals surface area contributed by atoms with Crippen molar-refractivity contribution in [3.8, 4) is 0 Å². The van der Waals surface area contributed by atoms with Crippen LogP contribution in [-0.4, -0.2) is 42.2 Å². The van der Waals surface area contributed by atoms with E-state index in [1.165, 1.54) is 5.69 Å². The number of rotatable bonds is 5. The zero-order valence-corrected chi connectivity index (χ0v) is 14.5. The largest absolute Gasteiger partial charge is 0.373 e. The van der Waals surface area contributed by atoms with E-state index in [9.17, 15) is 4.79 Å². The minimum absolute atomic E-state index is 0.0418. The number of likely N-dealkylation sites (N-methyl/N-ethyl adjacent to an activating group) is 1. The molecule has 1 aliphatic rings. The van der Waals surface area contributed by atoms with E-state index in [0.717, 1.165) is 31.6 Å². The second-order valence-electron chi connectivity index (χ2n) is 6.38. The molecule has 5 heteroatoms. The number of hydrogen-bond acceptors (Lipinski definition) is 2. The van der Waals surface area contributed by atoms with Gasteiger partial charge in [-0.2, -0.15) is 0 Å². The Morgan fingerprint density at radius 1 is 1.25 bits per heavy atom. The number of hydrogen-bond donors (Lipinski definition) is 1. The highest BCUT2D eigenvalue weighted by molar-refractivity contribution is 5.75. The molecule has 1 unspecified atom stereocenters. The molecule has 1 aliphatic heterocycles. The van der Waals surface area contributed by atoms with Crippen molar-refractivity contribution in [3.63, 3.8) is 0 Å². The molecule has 0 aliphatic carbocycles. The molecule has 3 rings (SSSR count). The first-order valence-electron chi connectivity index (χ1n) is 8.58. The predicted molar refractivity (Wildman–Crippen MR) is 97.2 cm³/mol. The van der Waals surface area contributed by atoms with Gasteiger partial charge >= 0.3 is 6.03 Å². The first-order valence-corrected chi connectivity index (χ1v) is 8.58. The summed E-state index contributed by atoms with van der Waals surface area (Å²) in [6.07, 6.45) is 4.14. The van der Waals surface area contributed by atoms with E-state index in [1.807, 2.05) is 49.5 Å². The van der Waals surface area contributed by atoms with Crippen molar-refractivity contribution in [1.29, 1.82) is 0 Å². The number of para-hydroxylation sites is 1. The lowest BCUT2D eigenvalue weighted by Gasteiger charge is -2.26. The lowest BCUT2D eigenvalue weighted by Crippen LogP contribution is -2.42. The fraction of sp³-hybridized carbons (Fsp3) is 0.421. The van der Waals surface area contributed by atoms with Crippen molar-refractivity contribution < 1.29 is 4.79 Å². The van der Waals surface area contributed by atoms with E-state index < -0.39 is 0 Å². The monoisotopic (exact) mass is 326 g/mol. The number of aromatic nitrogens is 1. The van der Waals surface area contributed by atoms with Crippen LogP contribution in [-0.2, 0) is 7.05 Å². The third-order valence-electron chi connectivity index (χ3n) is 4.76. The van der Waals surface area contributed by atoms with E-state index >= 15 is 0 Å². The Balaban J connectivity index is 1.52. The third kappa shape index (κ3) is 3.55. The summed E-state index contributed by atoms with van der Waals surface area (Å²) in [6.45, 7) is 2.26. The van der Waals surface area contributed by atoms with Crippen molar-refractivity contribution in [2.45, 2.75) is 18.9 Å². The summed E-state index contributed by atoms with van der Waals surface area (Å²) in [5, 5.41) is 3.07. The van der Waals surface area contributed by atoms with Crippen molar-refractivity contribution in [2.75, 3.05) is 31.6 Å². The van der Waals surface area contributed by atoms with E-state index in [1.54, 1.807) is 0 Å². The standard InChI is InChI=1S/C19H26N4O/c1-21(16-8-4-3-5-9-16)15-12-20-19(24)23-14-7-11-18(23)17-10-6-13-22(17)2/h3-6,8-10,13,18H,7,11-12,14-15H2,1-2H3,(H,20,24). The van der Waals surface area contributed by atoms with Crippen LogP contribution >= 0.6 is 0 Å². The molecule has 1 N–H and O–H groups in total. The smallest absolute Gasteiger partial charge is 0.318 e. The van der Waals surface area contributed by atoms with Gasteiger partial charge < -0.3 is 19.7 Å². The number of likely N-dealkylation sites (tertiary alicyclic amines) is 1. The molecular formula is C19H26N4O. The molecule has 2 aromatic rings. The molecule has 128 valence electrons. The van der Waals surface area contributed by atoms with E-state index in [4.69, 9.17) is 0 Å². The predicted octanol–water partition coefficient (Wildman–Crippen LogP) is 3.01. The van der Waals surface area contributed by atoms with Crippen LogP contribution in [0, 0.1) is 0 Å². The molecule has 1 fully saturated rings. The molecular weight excluding hydrogens is 300 g/mol. The summed E-state index contributed by atoms with van der Waals surface area (Å²) in [5.41, 5.74) is 2.37. The minimum Gasteiger partial charge on any atom is -0.373 e. The third-order valence-corrected chi connectivity index (χ3v) is 4.76. The maximum atomic E-state index is 12.6. The van der Waals surface area contributed by atoms with Crippen LogP contribution in [0.3, 0.4) is 0 Å². The molecule has 0 saturated carbocycles. The number of carbonyl (C=O) groups is 1. The Labute approximate surface area is 143 Å². The number of nitrogens with one attached hydrogen (secondary N) is 1. The van der Waals surface area contributed by atoms with Crippen LogP contribution in [0.5, 0.6) is 0 Å². The topological polar surface area (TPSA) is 40.5 Å². The summed E-state index contributed by atoms with van der Waals surface area (Å²) >= 11 is 0. The second kappa shape index (κ2) is 7.43. The SMILES string of the molecule is CN(CCNC(=O)N1CCCC1c1cccn1C)c1ccccc1. The Morgan fingerprint density at radius 3 is 2.75 bits per heavy atom. The first-order chi connectivity index (χ1) is 11.7. The molecule has 1 saturated heterocycles. The number of nitrogens with zero attached hydrogens (tertiary/aromatic N) is 3. The zero-order valence-electron chi connectivity index (χ0n) is 14.5. The molecule has 1 atom stereocenters. The lowest BCUT2D eigenvalue weighted by molar-refractivity contribution is 0.191. The average molecular weight is 326 g/mol. The highest BCUT2D eigenvalue weighted by Crippen LogP contribution is 2.31. The number of benzene rings is 1. The summed E-state index contributed by atoms with van der Waals surface area (Å²) in [5.74, 6) is 0. The normalized spacial score (nSPS) is 17.1. The highest BCUT2D eigenvalue weighted by Gasteiger charge is 2.31. The van der Waals surface area contributed by atoms with Gasteiger partial charge in [0, 0.05) is 51.3 Å². The highest BCUT2D eigenvalue weighted by atomic mass is 16.2. The number of amides is 2. The van der Waals surface area contributed by atoms with Gasteiger partial charge in [-0.15, -0.1) is 0 Å². The second-order valence-corrected chi connectivity index (χ2v) is 6.38. The number of aryl methyl sites for hydroxylation is 1. The van der Waals surface area contributed by atoms with E-state index in [2.05, 4.69) is 33.0 Å². The Hall–Kier alpha value is -2.43. The van der Waals surface area contributed by atoms with Gasteiger partial charge in [0.05, 0.1) is 6.04 Å². The van der Waals surface area contributed by atoms with Crippen LogP contribution in [0.2, 0.25) is 0 Å². The molecule has 0 spiro atoms. The summed E-state index contributed by atoms with van der Waals surface area (Å²) in [7, 11) is 4.09. The van der Waals surface area contributed by atoms with Crippen LogP contribution in [0.1, 0.15) is 24.6 Å². The number of carbonyl (C=O) groups excluding carboxylic acids is 1. The molecule has 0 bridgehead atoms. The molecule has 1 aromatic heterocycles. The van der Waals surface area contributed by atoms with E-state index in [-0.39, 0.29) is 12.1 Å². The summed E-state index contributed by atoms with van der Waals surface area (Å²) < 4.78 is 2.11. The van der Waals surface area contributed by atoms with Crippen LogP contribution in [0.15, 0.2) is 48.7 Å². The zero-order chi connectivity index (χ0) is 16.9. The van der Waals surface area contributed by atoms with Gasteiger partial charge in [-0.25, -0.2) is 4.79 Å². The van der Waals surface area contributed by atoms with Crippen molar-refractivity contribution in [3.05, 3.63) is 54.4 Å². The van der Waals surface area contributed by atoms with Gasteiger partial charge in [0.25, 0.3) is 0 Å². The maximum absolute atomic E-state index is 12.6. The Bertz CT molecular complexity index is 667. The molecule has 5 nitrogen and oxygen atoms in total. The molecule has 2 heterocycles. The fourth-order valence-corrected chi connectivity index (χ4v) is 3.38. The minimum atomic E-state index is 0.0418. The van der Waals surface area contributed by atoms with Gasteiger partial charge in [-0.3, -0.25) is 0 Å². The molecule has 2 amide bonds. The maximum Gasteiger partial charge on any atom is 0.318 e.